The van der Waals surface area contributed by atoms with E-state index in [4.69, 9.17) is 9.47 Å². The molecule has 0 aliphatic heterocycles. The number of hydrogen-bond donors (Lipinski definition) is 1. The van der Waals surface area contributed by atoms with Crippen LogP contribution in [0.5, 0.6) is 11.5 Å². The Kier molecular flexibility index (Phi) is 7.34. The molecule has 0 radical (unpaired) electrons. The van der Waals surface area contributed by atoms with Crippen molar-refractivity contribution in [2.45, 2.75) is 46.6 Å². The number of likely N-dealkylation sites (N-methyl/N-ethyl adjacent to an activating group) is 1. The van der Waals surface area contributed by atoms with Gasteiger partial charge in [0.2, 0.25) is 0 Å². The normalized spacial score (nSPS) is 12.2. The SMILES string of the molecule is CCNC(CC)Cc1ccc(OCC)c(OCC)c1. The lowest BCUT2D eigenvalue weighted by atomic mass is 10.0. The summed E-state index contributed by atoms with van der Waals surface area (Å²) in [7, 11) is 0. The zero-order chi connectivity index (χ0) is 14.1. The summed E-state index contributed by atoms with van der Waals surface area (Å²) in [5, 5.41) is 3.50. The second-order valence-corrected chi connectivity index (χ2v) is 4.51. The van der Waals surface area contributed by atoms with Crippen LogP contribution in [0.2, 0.25) is 0 Å². The Morgan fingerprint density at radius 1 is 1.00 bits per heavy atom. The van der Waals surface area contributed by atoms with Crippen LogP contribution >= 0.6 is 0 Å². The first-order chi connectivity index (χ1) is 9.24. The number of benzene rings is 1. The van der Waals surface area contributed by atoms with Gasteiger partial charge in [0.25, 0.3) is 0 Å². The van der Waals surface area contributed by atoms with Gasteiger partial charge in [0.1, 0.15) is 0 Å². The molecule has 1 atom stereocenters. The maximum Gasteiger partial charge on any atom is 0.161 e. The highest BCUT2D eigenvalue weighted by Crippen LogP contribution is 2.29. The maximum atomic E-state index is 5.66. The van der Waals surface area contributed by atoms with E-state index in [0.29, 0.717) is 19.3 Å². The van der Waals surface area contributed by atoms with Crippen LogP contribution in [-0.4, -0.2) is 25.8 Å². The highest BCUT2D eigenvalue weighted by molar-refractivity contribution is 5.43. The summed E-state index contributed by atoms with van der Waals surface area (Å²) in [6, 6.07) is 6.78. The molecule has 0 amide bonds. The Labute approximate surface area is 117 Å². The topological polar surface area (TPSA) is 30.5 Å². The van der Waals surface area contributed by atoms with Crippen LogP contribution in [0.4, 0.5) is 0 Å². The van der Waals surface area contributed by atoms with Crippen LogP contribution in [0.15, 0.2) is 18.2 Å². The summed E-state index contributed by atoms with van der Waals surface area (Å²) < 4.78 is 11.2. The fourth-order valence-corrected chi connectivity index (χ4v) is 2.16. The number of nitrogens with one attached hydrogen (secondary N) is 1. The van der Waals surface area contributed by atoms with Crippen LogP contribution in [0.25, 0.3) is 0 Å². The Morgan fingerprint density at radius 3 is 2.26 bits per heavy atom. The van der Waals surface area contributed by atoms with Crippen LogP contribution in [0, 0.1) is 0 Å². The second-order valence-electron chi connectivity index (χ2n) is 4.51. The van der Waals surface area contributed by atoms with Gasteiger partial charge in [0, 0.05) is 6.04 Å². The monoisotopic (exact) mass is 265 g/mol. The first kappa shape index (κ1) is 15.8. The summed E-state index contributed by atoms with van der Waals surface area (Å²) in [5.41, 5.74) is 1.29. The zero-order valence-corrected chi connectivity index (χ0v) is 12.7. The van der Waals surface area contributed by atoms with E-state index < -0.39 is 0 Å². The van der Waals surface area contributed by atoms with Crippen molar-refractivity contribution in [3.8, 4) is 11.5 Å². The fraction of sp³-hybridized carbons (Fsp3) is 0.625. The second kappa shape index (κ2) is 8.81. The van der Waals surface area contributed by atoms with Crippen molar-refractivity contribution < 1.29 is 9.47 Å². The molecule has 0 aliphatic carbocycles. The van der Waals surface area contributed by atoms with Gasteiger partial charge in [-0.15, -0.1) is 0 Å². The van der Waals surface area contributed by atoms with Gasteiger partial charge < -0.3 is 14.8 Å². The Balaban J connectivity index is 2.81. The minimum atomic E-state index is 0.525. The van der Waals surface area contributed by atoms with Gasteiger partial charge in [-0.1, -0.05) is 19.9 Å². The van der Waals surface area contributed by atoms with E-state index >= 15 is 0 Å². The molecule has 0 spiro atoms. The van der Waals surface area contributed by atoms with Gasteiger partial charge >= 0.3 is 0 Å². The molecule has 1 unspecified atom stereocenters. The van der Waals surface area contributed by atoms with Gasteiger partial charge in [0.05, 0.1) is 13.2 Å². The average molecular weight is 265 g/mol. The maximum absolute atomic E-state index is 5.66. The van der Waals surface area contributed by atoms with E-state index in [-0.39, 0.29) is 0 Å². The number of ether oxygens (including phenoxy) is 2. The molecule has 0 heterocycles. The lowest BCUT2D eigenvalue weighted by molar-refractivity contribution is 0.287. The predicted octanol–water partition coefficient (Wildman–Crippen LogP) is 3.41. The average Bonchev–Trinajstić information content (AvgIpc) is 2.41. The Bertz CT molecular complexity index is 366. The first-order valence-electron chi connectivity index (χ1n) is 7.36. The van der Waals surface area contributed by atoms with Crippen LogP contribution in [-0.2, 0) is 6.42 Å². The van der Waals surface area contributed by atoms with E-state index in [9.17, 15) is 0 Å². The van der Waals surface area contributed by atoms with E-state index in [1.807, 2.05) is 19.9 Å². The summed E-state index contributed by atoms with van der Waals surface area (Å²) >= 11 is 0. The van der Waals surface area contributed by atoms with E-state index in [0.717, 1.165) is 30.9 Å². The van der Waals surface area contributed by atoms with Crippen molar-refractivity contribution in [2.75, 3.05) is 19.8 Å². The highest BCUT2D eigenvalue weighted by atomic mass is 16.5. The molecule has 108 valence electrons. The van der Waals surface area contributed by atoms with Crippen LogP contribution in [0.3, 0.4) is 0 Å². The summed E-state index contributed by atoms with van der Waals surface area (Å²) in [4.78, 5) is 0. The van der Waals surface area contributed by atoms with Crippen molar-refractivity contribution >= 4 is 0 Å². The molecule has 1 aromatic carbocycles. The predicted molar refractivity (Wildman–Crippen MR) is 80.2 cm³/mol. The minimum absolute atomic E-state index is 0.525. The molecule has 0 saturated heterocycles. The van der Waals surface area contributed by atoms with Crippen molar-refractivity contribution in [3.63, 3.8) is 0 Å². The molecular weight excluding hydrogens is 238 g/mol. The lowest BCUT2D eigenvalue weighted by Crippen LogP contribution is -2.30. The third-order valence-corrected chi connectivity index (χ3v) is 3.08. The molecule has 0 bridgehead atoms. The van der Waals surface area contributed by atoms with Crippen molar-refractivity contribution in [3.05, 3.63) is 23.8 Å². The third kappa shape index (κ3) is 5.11. The summed E-state index contributed by atoms with van der Waals surface area (Å²) in [6.07, 6.45) is 2.15. The minimum Gasteiger partial charge on any atom is -0.490 e. The van der Waals surface area contributed by atoms with Crippen molar-refractivity contribution in [1.82, 2.24) is 5.32 Å². The molecular formula is C16H27NO2. The highest BCUT2D eigenvalue weighted by Gasteiger charge is 2.10. The van der Waals surface area contributed by atoms with Gasteiger partial charge in [-0.3, -0.25) is 0 Å². The zero-order valence-electron chi connectivity index (χ0n) is 12.7. The lowest BCUT2D eigenvalue weighted by Gasteiger charge is -2.17. The molecule has 1 aromatic rings. The molecule has 0 fully saturated rings. The summed E-state index contributed by atoms with van der Waals surface area (Å²) in [5.74, 6) is 1.69. The molecule has 3 heteroatoms. The standard InChI is InChI=1S/C16H27NO2/c1-5-14(17-6-2)11-13-9-10-15(18-7-3)16(12-13)19-8-4/h9-10,12,14,17H,5-8,11H2,1-4H3. The van der Waals surface area contributed by atoms with Gasteiger partial charge in [-0.2, -0.15) is 0 Å². The van der Waals surface area contributed by atoms with Gasteiger partial charge in [-0.25, -0.2) is 0 Å². The van der Waals surface area contributed by atoms with Crippen LogP contribution in [0.1, 0.15) is 39.7 Å². The van der Waals surface area contributed by atoms with E-state index in [1.54, 1.807) is 0 Å². The number of rotatable bonds is 9. The molecule has 3 nitrogen and oxygen atoms in total. The molecule has 1 rings (SSSR count). The Morgan fingerprint density at radius 2 is 1.68 bits per heavy atom. The fourth-order valence-electron chi connectivity index (χ4n) is 2.16. The van der Waals surface area contributed by atoms with Crippen LogP contribution < -0.4 is 14.8 Å². The van der Waals surface area contributed by atoms with Crippen molar-refractivity contribution in [1.29, 1.82) is 0 Å². The Hall–Kier alpha value is -1.22. The third-order valence-electron chi connectivity index (χ3n) is 3.08. The van der Waals surface area contributed by atoms with E-state index in [2.05, 4.69) is 31.3 Å². The smallest absolute Gasteiger partial charge is 0.161 e. The van der Waals surface area contributed by atoms with Crippen molar-refractivity contribution in [2.24, 2.45) is 0 Å². The van der Waals surface area contributed by atoms with E-state index in [1.165, 1.54) is 5.56 Å². The summed E-state index contributed by atoms with van der Waals surface area (Å²) in [6.45, 7) is 10.7. The molecule has 0 aliphatic rings. The molecule has 0 aromatic heterocycles. The molecule has 1 N–H and O–H groups in total. The quantitative estimate of drug-likeness (QED) is 0.742. The largest absolute Gasteiger partial charge is 0.490 e. The molecule has 0 saturated carbocycles. The number of hydrogen-bond acceptors (Lipinski definition) is 3. The van der Waals surface area contributed by atoms with Gasteiger partial charge in [-0.05, 0) is 50.9 Å². The van der Waals surface area contributed by atoms with Gasteiger partial charge in [0.15, 0.2) is 11.5 Å². The first-order valence-corrected chi connectivity index (χ1v) is 7.36. The molecule has 19 heavy (non-hydrogen) atoms.